The predicted molar refractivity (Wildman–Crippen MR) is 49.7 cm³/mol. The molecule has 1 saturated heterocycles. The molecule has 2 saturated carbocycles. The van der Waals surface area contributed by atoms with Crippen LogP contribution in [-0.2, 0) is 14.3 Å². The molecule has 0 aromatic carbocycles. The van der Waals surface area contributed by atoms with Crippen LogP contribution in [0.4, 0.5) is 0 Å². The molecule has 0 amide bonds. The Morgan fingerprint density at radius 3 is 2.86 bits per heavy atom. The molecule has 0 N–H and O–H groups in total. The van der Waals surface area contributed by atoms with Crippen molar-refractivity contribution in [1.29, 1.82) is 0 Å². The van der Waals surface area contributed by atoms with E-state index in [-0.39, 0.29) is 23.3 Å². The Morgan fingerprint density at radius 2 is 2.36 bits per heavy atom. The minimum atomic E-state index is -0.194. The Kier molecular flexibility index (Phi) is 1.45. The van der Waals surface area contributed by atoms with E-state index in [4.69, 9.17) is 9.47 Å². The Bertz CT molecular complexity index is 301. The monoisotopic (exact) mass is 196 g/mol. The van der Waals surface area contributed by atoms with Gasteiger partial charge in [-0.05, 0) is 38.5 Å². The van der Waals surface area contributed by atoms with E-state index in [2.05, 4.69) is 0 Å². The van der Waals surface area contributed by atoms with Gasteiger partial charge in [0.15, 0.2) is 0 Å². The van der Waals surface area contributed by atoms with Crippen molar-refractivity contribution in [2.24, 2.45) is 5.92 Å². The topological polar surface area (TPSA) is 38.8 Å². The fraction of sp³-hybridized carbons (Fsp3) is 0.909. The lowest BCUT2D eigenvalue weighted by Crippen LogP contribution is -2.36. The lowest BCUT2D eigenvalue weighted by atomic mass is 9.85. The summed E-state index contributed by atoms with van der Waals surface area (Å²) in [5, 5.41) is 0. The zero-order valence-corrected chi connectivity index (χ0v) is 8.71. The number of esters is 1. The number of epoxide rings is 1. The summed E-state index contributed by atoms with van der Waals surface area (Å²) in [6, 6.07) is 0. The highest BCUT2D eigenvalue weighted by Gasteiger charge is 2.79. The minimum Gasteiger partial charge on any atom is -0.460 e. The number of carbonyl (C=O) groups excluding carboxylic acids is 1. The van der Waals surface area contributed by atoms with Gasteiger partial charge in [-0.2, -0.15) is 0 Å². The fourth-order valence-electron chi connectivity index (χ4n) is 3.70. The predicted octanol–water partition coefficient (Wildman–Crippen LogP) is 1.65. The Hall–Kier alpha value is -0.570. The summed E-state index contributed by atoms with van der Waals surface area (Å²) in [5.74, 6) is 0.627. The highest BCUT2D eigenvalue weighted by Crippen LogP contribution is 2.71. The normalized spacial score (nSPS) is 50.0. The molecule has 3 nitrogen and oxygen atoms in total. The van der Waals surface area contributed by atoms with Gasteiger partial charge in [-0.25, -0.2) is 0 Å². The third kappa shape index (κ3) is 0.842. The van der Waals surface area contributed by atoms with Crippen molar-refractivity contribution >= 4 is 5.97 Å². The first kappa shape index (κ1) is 8.72. The van der Waals surface area contributed by atoms with E-state index < -0.39 is 0 Å². The Morgan fingerprint density at radius 1 is 1.57 bits per heavy atom. The maximum atomic E-state index is 10.9. The number of hydrogen-bond acceptors (Lipinski definition) is 3. The first-order valence-electron chi connectivity index (χ1n) is 5.45. The SMILES string of the molecule is CC(=O)OC(C)C12CC3CCC1(C3)O2. The van der Waals surface area contributed by atoms with Crippen LogP contribution in [0.1, 0.15) is 39.5 Å². The smallest absolute Gasteiger partial charge is 0.302 e. The molecular formula is C11H16O3. The van der Waals surface area contributed by atoms with E-state index in [0.717, 1.165) is 12.3 Å². The second kappa shape index (κ2) is 2.32. The van der Waals surface area contributed by atoms with Crippen LogP contribution in [0.2, 0.25) is 0 Å². The van der Waals surface area contributed by atoms with Gasteiger partial charge >= 0.3 is 5.97 Å². The first-order chi connectivity index (χ1) is 6.58. The van der Waals surface area contributed by atoms with Crippen molar-refractivity contribution in [3.63, 3.8) is 0 Å². The third-order valence-corrected chi connectivity index (χ3v) is 4.27. The number of rotatable bonds is 2. The van der Waals surface area contributed by atoms with Crippen LogP contribution in [0.25, 0.3) is 0 Å². The lowest BCUT2D eigenvalue weighted by molar-refractivity contribution is -0.149. The van der Waals surface area contributed by atoms with Crippen LogP contribution in [0, 0.1) is 5.92 Å². The molecule has 1 heterocycles. The second-order valence-electron chi connectivity index (χ2n) is 5.05. The molecule has 0 radical (unpaired) electrons. The molecule has 3 rings (SSSR count). The van der Waals surface area contributed by atoms with Gasteiger partial charge < -0.3 is 9.47 Å². The molecule has 1 spiro atoms. The van der Waals surface area contributed by atoms with E-state index in [1.807, 2.05) is 6.92 Å². The molecule has 4 atom stereocenters. The second-order valence-corrected chi connectivity index (χ2v) is 5.05. The summed E-state index contributed by atoms with van der Waals surface area (Å²) in [6.07, 6.45) is 4.70. The number of fused-ring (bicyclic) bond motifs is 1. The van der Waals surface area contributed by atoms with E-state index in [9.17, 15) is 4.79 Å². The molecule has 0 aromatic rings. The first-order valence-corrected chi connectivity index (χ1v) is 5.45. The summed E-state index contributed by atoms with van der Waals surface area (Å²) in [4.78, 5) is 10.9. The number of hydrogen-bond donors (Lipinski definition) is 0. The summed E-state index contributed by atoms with van der Waals surface area (Å²) in [7, 11) is 0. The van der Waals surface area contributed by atoms with Crippen LogP contribution >= 0.6 is 0 Å². The van der Waals surface area contributed by atoms with Crippen LogP contribution in [0.3, 0.4) is 0 Å². The molecule has 0 aromatic heterocycles. The Balaban J connectivity index is 1.78. The molecule has 2 aliphatic carbocycles. The maximum Gasteiger partial charge on any atom is 0.302 e. The van der Waals surface area contributed by atoms with Crippen LogP contribution < -0.4 is 0 Å². The summed E-state index contributed by atoms with van der Waals surface area (Å²) in [5.41, 5.74) is 0.00806. The van der Waals surface area contributed by atoms with E-state index in [1.165, 1.54) is 26.2 Å². The average molecular weight is 196 g/mol. The van der Waals surface area contributed by atoms with Gasteiger partial charge in [0.25, 0.3) is 0 Å². The molecule has 3 aliphatic rings. The maximum absolute atomic E-state index is 10.9. The molecule has 4 unspecified atom stereocenters. The van der Waals surface area contributed by atoms with Crippen molar-refractivity contribution in [2.45, 2.75) is 56.8 Å². The van der Waals surface area contributed by atoms with Gasteiger partial charge in [0.2, 0.25) is 0 Å². The standard InChI is InChI=1S/C11H16O3/c1-7(13-8(2)12)11-6-9-3-4-10(11,5-9)14-11/h7,9H,3-6H2,1-2H3. The van der Waals surface area contributed by atoms with Crippen molar-refractivity contribution in [1.82, 2.24) is 0 Å². The summed E-state index contributed by atoms with van der Waals surface area (Å²) >= 11 is 0. The van der Waals surface area contributed by atoms with Crippen molar-refractivity contribution in [3.8, 4) is 0 Å². The van der Waals surface area contributed by atoms with Crippen molar-refractivity contribution in [3.05, 3.63) is 0 Å². The van der Waals surface area contributed by atoms with E-state index in [1.54, 1.807) is 0 Å². The highest BCUT2D eigenvalue weighted by molar-refractivity contribution is 5.66. The van der Waals surface area contributed by atoms with Crippen LogP contribution in [-0.4, -0.2) is 23.3 Å². The quantitative estimate of drug-likeness (QED) is 0.498. The van der Waals surface area contributed by atoms with Gasteiger partial charge in [0.1, 0.15) is 17.3 Å². The molecule has 1 aliphatic heterocycles. The lowest BCUT2D eigenvalue weighted by Gasteiger charge is -2.23. The summed E-state index contributed by atoms with van der Waals surface area (Å²) < 4.78 is 11.2. The van der Waals surface area contributed by atoms with Crippen molar-refractivity contribution in [2.75, 3.05) is 0 Å². The fourth-order valence-corrected chi connectivity index (χ4v) is 3.70. The summed E-state index contributed by atoms with van der Waals surface area (Å²) in [6.45, 7) is 3.44. The van der Waals surface area contributed by atoms with E-state index >= 15 is 0 Å². The third-order valence-electron chi connectivity index (χ3n) is 4.27. The van der Waals surface area contributed by atoms with Crippen LogP contribution in [0.5, 0.6) is 0 Å². The van der Waals surface area contributed by atoms with Crippen molar-refractivity contribution < 1.29 is 14.3 Å². The molecule has 3 fully saturated rings. The zero-order chi connectivity index (χ0) is 9.97. The number of carbonyl (C=O) groups is 1. The van der Waals surface area contributed by atoms with Gasteiger partial charge in [-0.15, -0.1) is 0 Å². The van der Waals surface area contributed by atoms with E-state index in [0.29, 0.717) is 0 Å². The minimum absolute atomic E-state index is 0.0645. The number of ether oxygens (including phenoxy) is 2. The highest BCUT2D eigenvalue weighted by atomic mass is 16.7. The average Bonchev–Trinajstić information content (AvgIpc) is 2.42. The molecule has 14 heavy (non-hydrogen) atoms. The largest absolute Gasteiger partial charge is 0.460 e. The van der Waals surface area contributed by atoms with Gasteiger partial charge in [0.05, 0.1) is 0 Å². The van der Waals surface area contributed by atoms with Gasteiger partial charge in [-0.3, -0.25) is 4.79 Å². The van der Waals surface area contributed by atoms with Gasteiger partial charge in [-0.1, -0.05) is 0 Å². The van der Waals surface area contributed by atoms with Crippen LogP contribution in [0.15, 0.2) is 0 Å². The van der Waals surface area contributed by atoms with Gasteiger partial charge in [0, 0.05) is 6.92 Å². The molecular weight excluding hydrogens is 180 g/mol. The molecule has 2 bridgehead atoms. The molecule has 3 heteroatoms. The zero-order valence-electron chi connectivity index (χ0n) is 8.71. The Labute approximate surface area is 83.8 Å². The molecule has 78 valence electrons.